The highest BCUT2D eigenvalue weighted by Gasteiger charge is 2.46. The van der Waals surface area contributed by atoms with Crippen LogP contribution >= 0.6 is 0 Å². The second kappa shape index (κ2) is 7.29. The minimum Gasteiger partial charge on any atom is -0.394 e. The van der Waals surface area contributed by atoms with Gasteiger partial charge in [-0.25, -0.2) is 0 Å². The zero-order valence-electron chi connectivity index (χ0n) is 16.6. The molecule has 0 aromatic heterocycles. The van der Waals surface area contributed by atoms with E-state index < -0.39 is 0 Å². The summed E-state index contributed by atoms with van der Waals surface area (Å²) < 4.78 is 0. The Balaban J connectivity index is 1.75. The Labute approximate surface area is 157 Å². The van der Waals surface area contributed by atoms with Crippen molar-refractivity contribution in [2.24, 2.45) is 5.41 Å². The fraction of sp³-hybridized carbons (Fsp3) is 0.667. The third-order valence-electron chi connectivity index (χ3n) is 5.73. The molecule has 0 unspecified atom stereocenters. The van der Waals surface area contributed by atoms with Gasteiger partial charge in [0.15, 0.2) is 0 Å². The molecule has 2 aliphatic rings. The first-order valence-corrected chi connectivity index (χ1v) is 9.66. The number of benzene rings is 1. The lowest BCUT2D eigenvalue weighted by Gasteiger charge is -2.56. The van der Waals surface area contributed by atoms with Crippen LogP contribution in [0, 0.1) is 5.41 Å². The van der Waals surface area contributed by atoms with Crippen LogP contribution in [0.25, 0.3) is 0 Å². The summed E-state index contributed by atoms with van der Waals surface area (Å²) in [5.41, 5.74) is 0.690. The molecule has 0 spiro atoms. The summed E-state index contributed by atoms with van der Waals surface area (Å²) in [5, 5.41) is 10.1. The highest BCUT2D eigenvalue weighted by Crippen LogP contribution is 2.30. The van der Waals surface area contributed by atoms with E-state index in [0.29, 0.717) is 0 Å². The Kier molecular flexibility index (Phi) is 5.42. The molecule has 3 rings (SSSR count). The van der Waals surface area contributed by atoms with Crippen molar-refractivity contribution in [3.8, 4) is 0 Å². The van der Waals surface area contributed by atoms with Crippen LogP contribution in [0.15, 0.2) is 30.3 Å². The van der Waals surface area contributed by atoms with Gasteiger partial charge in [-0.3, -0.25) is 14.6 Å². The van der Waals surface area contributed by atoms with E-state index in [1.807, 2.05) is 31.7 Å². The van der Waals surface area contributed by atoms with E-state index in [-0.39, 0.29) is 29.5 Å². The van der Waals surface area contributed by atoms with Crippen LogP contribution in [0.3, 0.4) is 0 Å². The Bertz CT molecular complexity index is 628. The molecule has 2 atom stereocenters. The summed E-state index contributed by atoms with van der Waals surface area (Å²) in [6, 6.07) is 10.8. The van der Waals surface area contributed by atoms with Crippen molar-refractivity contribution in [3.63, 3.8) is 0 Å². The van der Waals surface area contributed by atoms with Crippen LogP contribution < -0.4 is 0 Å². The first-order valence-electron chi connectivity index (χ1n) is 9.66. The SMILES string of the molecule is CC(C)(C)C(=O)N1CCN2[C@H](CN(Cc3ccccc3)C[C@@]2(C)CO)C1. The number of fused-ring (bicyclic) bond motifs is 1. The van der Waals surface area contributed by atoms with Crippen molar-refractivity contribution in [3.05, 3.63) is 35.9 Å². The molecular weight excluding hydrogens is 326 g/mol. The number of rotatable bonds is 3. The van der Waals surface area contributed by atoms with Gasteiger partial charge in [-0.05, 0) is 12.5 Å². The molecule has 5 nitrogen and oxygen atoms in total. The van der Waals surface area contributed by atoms with Crippen molar-refractivity contribution in [1.29, 1.82) is 0 Å². The summed E-state index contributed by atoms with van der Waals surface area (Å²) in [4.78, 5) is 19.6. The van der Waals surface area contributed by atoms with Crippen molar-refractivity contribution >= 4 is 5.91 Å². The van der Waals surface area contributed by atoms with Gasteiger partial charge in [0, 0.05) is 50.7 Å². The minimum atomic E-state index is -0.346. The van der Waals surface area contributed by atoms with E-state index in [2.05, 4.69) is 41.0 Å². The molecule has 0 saturated carbocycles. The topological polar surface area (TPSA) is 47.0 Å². The Morgan fingerprint density at radius 3 is 2.50 bits per heavy atom. The van der Waals surface area contributed by atoms with Gasteiger partial charge in [-0.2, -0.15) is 0 Å². The summed E-state index contributed by atoms with van der Waals surface area (Å²) in [5.74, 6) is 0.225. The van der Waals surface area contributed by atoms with Gasteiger partial charge < -0.3 is 10.0 Å². The quantitative estimate of drug-likeness (QED) is 0.894. The summed E-state index contributed by atoms with van der Waals surface area (Å²) in [6.45, 7) is 13.3. The lowest BCUT2D eigenvalue weighted by molar-refractivity contribution is -0.149. The van der Waals surface area contributed by atoms with Gasteiger partial charge in [0.1, 0.15) is 0 Å². The van der Waals surface area contributed by atoms with Crippen LogP contribution in [0.1, 0.15) is 33.3 Å². The zero-order valence-corrected chi connectivity index (χ0v) is 16.6. The second-order valence-corrected chi connectivity index (χ2v) is 9.16. The predicted molar refractivity (Wildman–Crippen MR) is 104 cm³/mol. The lowest BCUT2D eigenvalue weighted by Crippen LogP contribution is -2.72. The van der Waals surface area contributed by atoms with Crippen molar-refractivity contribution in [1.82, 2.24) is 14.7 Å². The average molecular weight is 360 g/mol. The number of aliphatic hydroxyl groups is 1. The first kappa shape index (κ1) is 19.3. The minimum absolute atomic E-state index is 0.141. The maximum Gasteiger partial charge on any atom is 0.228 e. The smallest absolute Gasteiger partial charge is 0.228 e. The van der Waals surface area contributed by atoms with Crippen molar-refractivity contribution in [2.45, 2.75) is 45.8 Å². The number of hydrogen-bond acceptors (Lipinski definition) is 4. The van der Waals surface area contributed by atoms with E-state index in [1.165, 1.54) is 5.56 Å². The normalized spacial score (nSPS) is 28.0. The Hall–Kier alpha value is -1.43. The summed E-state index contributed by atoms with van der Waals surface area (Å²) in [7, 11) is 0. The van der Waals surface area contributed by atoms with Gasteiger partial charge in [0.25, 0.3) is 0 Å². The fourth-order valence-electron chi connectivity index (χ4n) is 4.42. The second-order valence-electron chi connectivity index (χ2n) is 9.16. The fourth-order valence-corrected chi connectivity index (χ4v) is 4.42. The molecule has 1 N–H and O–H groups in total. The Morgan fingerprint density at radius 2 is 1.88 bits per heavy atom. The standard InChI is InChI=1S/C21H33N3O2/c1-20(2,3)19(26)23-10-11-24-18(14-23)13-22(15-21(24,4)16-25)12-17-8-6-5-7-9-17/h5-9,18,25H,10-16H2,1-4H3/t18-,21+/m1/s1. The molecule has 1 aromatic rings. The molecule has 2 saturated heterocycles. The van der Waals surface area contributed by atoms with Crippen LogP contribution in [-0.2, 0) is 11.3 Å². The number of nitrogens with zero attached hydrogens (tertiary/aromatic N) is 3. The molecule has 0 radical (unpaired) electrons. The molecular formula is C21H33N3O2. The average Bonchev–Trinajstić information content (AvgIpc) is 2.60. The van der Waals surface area contributed by atoms with E-state index >= 15 is 0 Å². The van der Waals surface area contributed by atoms with E-state index in [4.69, 9.17) is 0 Å². The van der Waals surface area contributed by atoms with E-state index in [9.17, 15) is 9.90 Å². The van der Waals surface area contributed by atoms with Gasteiger partial charge in [0.05, 0.1) is 12.1 Å². The van der Waals surface area contributed by atoms with Gasteiger partial charge >= 0.3 is 0 Å². The largest absolute Gasteiger partial charge is 0.394 e. The maximum absolute atomic E-state index is 12.7. The van der Waals surface area contributed by atoms with Crippen LogP contribution in [0.2, 0.25) is 0 Å². The lowest BCUT2D eigenvalue weighted by atomic mass is 9.89. The molecule has 1 aromatic carbocycles. The van der Waals surface area contributed by atoms with Gasteiger partial charge in [-0.1, -0.05) is 51.1 Å². The third kappa shape index (κ3) is 3.95. The molecule has 5 heteroatoms. The van der Waals surface area contributed by atoms with Crippen LogP contribution in [-0.4, -0.2) is 76.6 Å². The number of amides is 1. The van der Waals surface area contributed by atoms with Crippen molar-refractivity contribution in [2.75, 3.05) is 39.3 Å². The van der Waals surface area contributed by atoms with Crippen LogP contribution in [0.4, 0.5) is 0 Å². The molecule has 0 aliphatic carbocycles. The first-order chi connectivity index (χ1) is 12.2. The Morgan fingerprint density at radius 1 is 1.19 bits per heavy atom. The molecule has 2 aliphatic heterocycles. The number of aliphatic hydroxyl groups excluding tert-OH is 1. The van der Waals surface area contributed by atoms with Crippen molar-refractivity contribution < 1.29 is 9.90 Å². The highest BCUT2D eigenvalue weighted by molar-refractivity contribution is 5.81. The molecule has 1 amide bonds. The van der Waals surface area contributed by atoms with E-state index in [1.54, 1.807) is 0 Å². The molecule has 144 valence electrons. The summed E-state index contributed by atoms with van der Waals surface area (Å²) in [6.07, 6.45) is 0. The number of carbonyl (C=O) groups is 1. The number of piperazine rings is 2. The number of hydrogen-bond donors (Lipinski definition) is 1. The molecule has 2 heterocycles. The van der Waals surface area contributed by atoms with Crippen LogP contribution in [0.5, 0.6) is 0 Å². The molecule has 0 bridgehead atoms. The molecule has 2 fully saturated rings. The monoisotopic (exact) mass is 359 g/mol. The third-order valence-corrected chi connectivity index (χ3v) is 5.73. The highest BCUT2D eigenvalue weighted by atomic mass is 16.3. The zero-order chi connectivity index (χ0) is 18.9. The summed E-state index contributed by atoms with van der Waals surface area (Å²) >= 11 is 0. The predicted octanol–water partition coefficient (Wildman–Crippen LogP) is 1.81. The van der Waals surface area contributed by atoms with Gasteiger partial charge in [-0.15, -0.1) is 0 Å². The molecule has 26 heavy (non-hydrogen) atoms. The van der Waals surface area contributed by atoms with Gasteiger partial charge in [0.2, 0.25) is 5.91 Å². The van der Waals surface area contributed by atoms with E-state index in [0.717, 1.165) is 39.3 Å². The maximum atomic E-state index is 12.7. The number of carbonyl (C=O) groups excluding carboxylic acids is 1.